The molecule has 0 fully saturated rings. The van der Waals surface area contributed by atoms with Crippen molar-refractivity contribution in [1.29, 1.82) is 0 Å². The number of hydrogen-bond acceptors (Lipinski definition) is 4. The van der Waals surface area contributed by atoms with Gasteiger partial charge in [0, 0.05) is 47.3 Å². The number of amides is 1. The lowest BCUT2D eigenvalue weighted by molar-refractivity contribution is -0.121. The Hall–Kier alpha value is -3.08. The average molecular weight is 434 g/mol. The van der Waals surface area contributed by atoms with Crippen LogP contribution in [-0.4, -0.2) is 25.9 Å². The topological polar surface area (TPSA) is 55.8 Å². The highest BCUT2D eigenvalue weighted by atomic mass is 16.5. The number of ketones is 1. The molecule has 0 spiro atoms. The molecule has 1 amide bonds. The van der Waals surface area contributed by atoms with Crippen LogP contribution in [0.15, 0.2) is 53.7 Å². The third kappa shape index (κ3) is 3.92. The summed E-state index contributed by atoms with van der Waals surface area (Å²) in [6, 6.07) is 13.7. The third-order valence-electron chi connectivity index (χ3n) is 6.56. The molecule has 1 heterocycles. The van der Waals surface area contributed by atoms with Gasteiger partial charge in [0.15, 0.2) is 5.78 Å². The molecule has 1 atom stereocenters. The summed E-state index contributed by atoms with van der Waals surface area (Å²) in [4.78, 5) is 28.8. The minimum Gasteiger partial charge on any atom is -0.497 e. The van der Waals surface area contributed by atoms with E-state index in [-0.39, 0.29) is 29.4 Å². The zero-order valence-corrected chi connectivity index (χ0v) is 19.5. The van der Waals surface area contributed by atoms with Gasteiger partial charge in [-0.1, -0.05) is 39.0 Å². The Balaban J connectivity index is 1.88. The van der Waals surface area contributed by atoms with E-state index in [1.807, 2.05) is 30.3 Å². The smallest absolute Gasteiger partial charge is 0.232 e. The minimum atomic E-state index is -0.326. The van der Waals surface area contributed by atoms with Gasteiger partial charge in [0.25, 0.3) is 0 Å². The second-order valence-electron chi connectivity index (χ2n) is 9.42. The third-order valence-corrected chi connectivity index (χ3v) is 6.56. The lowest BCUT2D eigenvalue weighted by atomic mass is 9.69. The summed E-state index contributed by atoms with van der Waals surface area (Å²) in [5.74, 6) is 1.10. The highest BCUT2D eigenvalue weighted by Gasteiger charge is 2.45. The molecule has 5 nitrogen and oxygen atoms in total. The first-order valence-corrected chi connectivity index (χ1v) is 11.2. The average Bonchev–Trinajstić information content (AvgIpc) is 2.77. The Kier molecular flexibility index (Phi) is 5.85. The Bertz CT molecular complexity index is 1080. The van der Waals surface area contributed by atoms with Gasteiger partial charge in [-0.2, -0.15) is 0 Å². The number of hydrogen-bond donors (Lipinski definition) is 0. The van der Waals surface area contributed by atoms with Gasteiger partial charge in [0.1, 0.15) is 11.5 Å². The summed E-state index contributed by atoms with van der Waals surface area (Å²) in [5, 5.41) is 0. The van der Waals surface area contributed by atoms with Crippen molar-refractivity contribution in [3.05, 3.63) is 64.9 Å². The predicted octanol–water partition coefficient (Wildman–Crippen LogP) is 5.43. The molecule has 2 aromatic rings. The molecule has 2 aliphatic rings. The minimum absolute atomic E-state index is 0.00127. The second-order valence-corrected chi connectivity index (χ2v) is 9.42. The lowest BCUT2D eigenvalue weighted by Gasteiger charge is -2.43. The van der Waals surface area contributed by atoms with Crippen molar-refractivity contribution < 1.29 is 19.1 Å². The zero-order chi connectivity index (χ0) is 23.0. The van der Waals surface area contributed by atoms with E-state index in [1.165, 1.54) is 5.56 Å². The standard InChI is InChI=1S/C27H31NO4/c1-6-17-7-9-18(10-8-17)28-22-15-27(2,3)16-23(29)26(22)21(14-25(28)30)20-12-11-19(31-4)13-24(20)32-5/h7-13,21H,6,14-16H2,1-5H3. The first-order valence-electron chi connectivity index (χ1n) is 11.2. The van der Waals surface area contributed by atoms with Crippen LogP contribution in [0, 0.1) is 5.41 Å². The number of nitrogens with zero attached hydrogens (tertiary/aromatic N) is 1. The first kappa shape index (κ1) is 22.1. The van der Waals surface area contributed by atoms with Crippen LogP contribution >= 0.6 is 0 Å². The number of carbonyl (C=O) groups excluding carboxylic acids is 2. The quantitative estimate of drug-likeness (QED) is 0.631. The van der Waals surface area contributed by atoms with E-state index >= 15 is 0 Å². The van der Waals surface area contributed by atoms with Crippen LogP contribution in [-0.2, 0) is 16.0 Å². The normalized spacial score (nSPS) is 20.3. The molecule has 0 bridgehead atoms. The van der Waals surface area contributed by atoms with Gasteiger partial charge < -0.3 is 9.47 Å². The van der Waals surface area contributed by atoms with Crippen LogP contribution in [0.25, 0.3) is 0 Å². The summed E-state index contributed by atoms with van der Waals surface area (Å²) in [5.41, 5.74) is 4.26. The van der Waals surface area contributed by atoms with E-state index in [2.05, 4.69) is 32.9 Å². The summed E-state index contributed by atoms with van der Waals surface area (Å²) in [7, 11) is 3.21. The highest BCUT2D eigenvalue weighted by molar-refractivity contribution is 6.08. The van der Waals surface area contributed by atoms with Gasteiger partial charge in [0.2, 0.25) is 5.91 Å². The number of aryl methyl sites for hydroxylation is 1. The second kappa shape index (κ2) is 8.45. The molecule has 32 heavy (non-hydrogen) atoms. The van der Waals surface area contributed by atoms with Crippen molar-refractivity contribution in [3.8, 4) is 11.5 Å². The number of ether oxygens (including phenoxy) is 2. The number of rotatable bonds is 5. The molecule has 0 saturated carbocycles. The van der Waals surface area contributed by atoms with E-state index < -0.39 is 0 Å². The van der Waals surface area contributed by atoms with Gasteiger partial charge in [-0.25, -0.2) is 0 Å². The number of Topliss-reactive ketones (excluding diaryl/α,β-unsaturated/α-hetero) is 1. The maximum atomic E-state index is 13.5. The molecule has 0 aromatic heterocycles. The van der Waals surface area contributed by atoms with Crippen LogP contribution < -0.4 is 14.4 Å². The van der Waals surface area contributed by atoms with E-state index in [0.29, 0.717) is 24.3 Å². The van der Waals surface area contributed by atoms with Gasteiger partial charge in [-0.05, 0) is 42.0 Å². The fraction of sp³-hybridized carbons (Fsp3) is 0.407. The van der Waals surface area contributed by atoms with E-state index in [1.54, 1.807) is 19.1 Å². The molecule has 0 N–H and O–H groups in total. The fourth-order valence-corrected chi connectivity index (χ4v) is 4.97. The van der Waals surface area contributed by atoms with Crippen LogP contribution in [0.1, 0.15) is 57.1 Å². The Morgan fingerprint density at radius 2 is 1.72 bits per heavy atom. The van der Waals surface area contributed by atoms with Crippen LogP contribution in [0.5, 0.6) is 11.5 Å². The maximum Gasteiger partial charge on any atom is 0.232 e. The molecular weight excluding hydrogens is 402 g/mol. The Morgan fingerprint density at radius 1 is 1.00 bits per heavy atom. The van der Waals surface area contributed by atoms with Crippen LogP contribution in [0.4, 0.5) is 5.69 Å². The largest absolute Gasteiger partial charge is 0.497 e. The molecule has 2 aromatic carbocycles. The molecule has 0 saturated heterocycles. The summed E-state index contributed by atoms with van der Waals surface area (Å²) in [6.45, 7) is 6.29. The maximum absolute atomic E-state index is 13.5. The summed E-state index contributed by atoms with van der Waals surface area (Å²) < 4.78 is 11.0. The molecule has 1 aliphatic heterocycles. The fourth-order valence-electron chi connectivity index (χ4n) is 4.97. The van der Waals surface area contributed by atoms with Crippen molar-refractivity contribution in [2.24, 2.45) is 5.41 Å². The van der Waals surface area contributed by atoms with Gasteiger partial charge >= 0.3 is 0 Å². The zero-order valence-electron chi connectivity index (χ0n) is 19.5. The van der Waals surface area contributed by atoms with Crippen molar-refractivity contribution in [2.75, 3.05) is 19.1 Å². The summed E-state index contributed by atoms with van der Waals surface area (Å²) >= 11 is 0. The number of benzene rings is 2. The number of carbonyl (C=O) groups is 2. The molecule has 1 aliphatic carbocycles. The van der Waals surface area contributed by atoms with Crippen molar-refractivity contribution in [2.45, 2.75) is 52.4 Å². The van der Waals surface area contributed by atoms with Gasteiger partial charge in [-0.3, -0.25) is 14.5 Å². The number of allylic oxidation sites excluding steroid dienone is 2. The lowest BCUT2D eigenvalue weighted by Crippen LogP contribution is -2.43. The van der Waals surface area contributed by atoms with E-state index in [4.69, 9.17) is 9.47 Å². The Labute approximate surface area is 190 Å². The first-order chi connectivity index (χ1) is 15.3. The van der Waals surface area contributed by atoms with Crippen molar-refractivity contribution >= 4 is 17.4 Å². The van der Waals surface area contributed by atoms with Crippen LogP contribution in [0.2, 0.25) is 0 Å². The monoisotopic (exact) mass is 433 g/mol. The molecule has 168 valence electrons. The predicted molar refractivity (Wildman–Crippen MR) is 125 cm³/mol. The molecule has 0 radical (unpaired) electrons. The molecule has 4 rings (SSSR count). The van der Waals surface area contributed by atoms with E-state index in [9.17, 15) is 9.59 Å². The van der Waals surface area contributed by atoms with Gasteiger partial charge in [-0.15, -0.1) is 0 Å². The van der Waals surface area contributed by atoms with Crippen molar-refractivity contribution in [3.63, 3.8) is 0 Å². The van der Waals surface area contributed by atoms with E-state index in [0.717, 1.165) is 28.9 Å². The molecule has 1 unspecified atom stereocenters. The number of anilines is 1. The van der Waals surface area contributed by atoms with Crippen molar-refractivity contribution in [1.82, 2.24) is 0 Å². The SMILES string of the molecule is CCc1ccc(N2C(=O)CC(c3ccc(OC)cc3OC)C3=C2CC(C)(C)CC3=O)cc1. The van der Waals surface area contributed by atoms with Gasteiger partial charge in [0.05, 0.1) is 14.2 Å². The summed E-state index contributed by atoms with van der Waals surface area (Å²) in [6.07, 6.45) is 2.30. The number of methoxy groups -OCH3 is 2. The van der Waals surface area contributed by atoms with Crippen LogP contribution in [0.3, 0.4) is 0 Å². The highest BCUT2D eigenvalue weighted by Crippen LogP contribution is 2.49. The molecule has 5 heteroatoms. The Morgan fingerprint density at radius 3 is 2.34 bits per heavy atom. The molecular formula is C27H31NO4.